The Morgan fingerprint density at radius 1 is 0.404 bits per heavy atom. The Kier molecular flexibility index (Phi) is 6.31. The summed E-state index contributed by atoms with van der Waals surface area (Å²) < 4.78 is 0. The van der Waals surface area contributed by atoms with Crippen molar-refractivity contribution in [2.24, 2.45) is 0 Å². The van der Waals surface area contributed by atoms with Crippen LogP contribution in [0.4, 0.5) is 0 Å². The third-order valence-corrected chi connectivity index (χ3v) is 13.3. The summed E-state index contributed by atoms with van der Waals surface area (Å²) >= 11 is 0. The molecule has 0 bridgehead atoms. The SMILES string of the molecule is C[Si]1(C)c2cc3ccccc3cc2-c2nc(-c3cccc4ccccc34)nc(-c3cccc(-c4cccc(-c5ccccc5)c4)c3)c21. The minimum Gasteiger partial charge on any atom is -0.228 e. The van der Waals surface area contributed by atoms with E-state index >= 15 is 0 Å². The van der Waals surface area contributed by atoms with Crippen LogP contribution in [0.2, 0.25) is 13.1 Å². The highest BCUT2D eigenvalue weighted by molar-refractivity contribution is 7.04. The van der Waals surface area contributed by atoms with Crippen molar-refractivity contribution in [1.29, 1.82) is 0 Å². The van der Waals surface area contributed by atoms with Gasteiger partial charge in [0.05, 0.1) is 11.4 Å². The lowest BCUT2D eigenvalue weighted by Gasteiger charge is -2.22. The molecule has 1 aliphatic rings. The van der Waals surface area contributed by atoms with Crippen LogP contribution in [-0.4, -0.2) is 18.0 Å². The van der Waals surface area contributed by atoms with Crippen molar-refractivity contribution in [1.82, 2.24) is 9.97 Å². The Morgan fingerprint density at radius 2 is 0.936 bits per heavy atom. The highest BCUT2D eigenvalue weighted by Crippen LogP contribution is 2.37. The van der Waals surface area contributed by atoms with Gasteiger partial charge in [-0.25, -0.2) is 9.97 Å². The first-order valence-electron chi connectivity index (χ1n) is 16.3. The monoisotopic (exact) mass is 616 g/mol. The smallest absolute Gasteiger partial charge is 0.161 e. The van der Waals surface area contributed by atoms with Crippen molar-refractivity contribution < 1.29 is 0 Å². The predicted octanol–water partition coefficient (Wildman–Crippen LogP) is 10.3. The lowest BCUT2D eigenvalue weighted by molar-refractivity contribution is 1.21. The summed E-state index contributed by atoms with van der Waals surface area (Å²) in [5.74, 6) is 0.776. The molecule has 0 saturated carbocycles. The van der Waals surface area contributed by atoms with E-state index in [-0.39, 0.29) is 0 Å². The summed E-state index contributed by atoms with van der Waals surface area (Å²) in [6.07, 6.45) is 0. The Labute approximate surface area is 276 Å². The third-order valence-electron chi connectivity index (χ3n) is 9.82. The van der Waals surface area contributed by atoms with E-state index in [0.29, 0.717) is 0 Å². The summed E-state index contributed by atoms with van der Waals surface area (Å²) in [7, 11) is -2.18. The number of fused-ring (bicyclic) bond motifs is 5. The molecule has 0 aliphatic carbocycles. The van der Waals surface area contributed by atoms with E-state index in [9.17, 15) is 0 Å². The van der Waals surface area contributed by atoms with Gasteiger partial charge in [0.1, 0.15) is 8.07 Å². The highest BCUT2D eigenvalue weighted by atomic mass is 28.3. The highest BCUT2D eigenvalue weighted by Gasteiger charge is 2.42. The zero-order valence-electron chi connectivity index (χ0n) is 26.4. The maximum Gasteiger partial charge on any atom is 0.161 e. The molecule has 0 atom stereocenters. The van der Waals surface area contributed by atoms with Crippen LogP contribution in [0.25, 0.3) is 77.7 Å². The molecule has 3 heteroatoms. The molecule has 0 radical (unpaired) electrons. The number of rotatable bonds is 4. The summed E-state index contributed by atoms with van der Waals surface area (Å²) in [5, 5.41) is 7.64. The van der Waals surface area contributed by atoms with Crippen molar-refractivity contribution in [3.05, 3.63) is 158 Å². The third kappa shape index (κ3) is 4.54. The van der Waals surface area contributed by atoms with Crippen molar-refractivity contribution in [2.45, 2.75) is 13.1 Å². The first kappa shape index (κ1) is 27.6. The van der Waals surface area contributed by atoms with E-state index in [2.05, 4.69) is 171 Å². The van der Waals surface area contributed by atoms with Gasteiger partial charge in [-0.2, -0.15) is 0 Å². The van der Waals surface area contributed by atoms with Gasteiger partial charge in [-0.1, -0.05) is 153 Å². The van der Waals surface area contributed by atoms with Crippen LogP contribution < -0.4 is 10.4 Å². The van der Waals surface area contributed by atoms with Crippen LogP contribution in [0.3, 0.4) is 0 Å². The van der Waals surface area contributed by atoms with Crippen LogP contribution in [0.1, 0.15) is 0 Å². The second-order valence-corrected chi connectivity index (χ2v) is 17.3. The van der Waals surface area contributed by atoms with Gasteiger partial charge in [0.25, 0.3) is 0 Å². The van der Waals surface area contributed by atoms with E-state index in [1.54, 1.807) is 0 Å². The average Bonchev–Trinajstić information content (AvgIpc) is 3.35. The fraction of sp³-hybridized carbons (Fsp3) is 0.0455. The van der Waals surface area contributed by atoms with Crippen molar-refractivity contribution in [3.8, 4) is 56.2 Å². The van der Waals surface area contributed by atoms with Gasteiger partial charge >= 0.3 is 0 Å². The lowest BCUT2D eigenvalue weighted by atomic mass is 9.97. The molecule has 222 valence electrons. The van der Waals surface area contributed by atoms with E-state index in [4.69, 9.17) is 9.97 Å². The molecule has 0 saturated heterocycles. The number of hydrogen-bond donors (Lipinski definition) is 0. The summed E-state index contributed by atoms with van der Waals surface area (Å²) in [6, 6.07) is 56.8. The predicted molar refractivity (Wildman–Crippen MR) is 201 cm³/mol. The minimum absolute atomic E-state index is 0.776. The molecule has 0 unspecified atom stereocenters. The Balaban J connectivity index is 1.29. The van der Waals surface area contributed by atoms with Crippen LogP contribution >= 0.6 is 0 Å². The molecule has 9 rings (SSSR count). The maximum atomic E-state index is 5.51. The van der Waals surface area contributed by atoms with Crippen molar-refractivity contribution >= 4 is 40.0 Å². The van der Waals surface area contributed by atoms with Gasteiger partial charge in [0, 0.05) is 16.7 Å². The van der Waals surface area contributed by atoms with Gasteiger partial charge in [0.15, 0.2) is 5.82 Å². The molecule has 2 nitrogen and oxygen atoms in total. The van der Waals surface area contributed by atoms with Gasteiger partial charge < -0.3 is 0 Å². The fourth-order valence-electron chi connectivity index (χ4n) is 7.44. The quantitative estimate of drug-likeness (QED) is 0.184. The van der Waals surface area contributed by atoms with Gasteiger partial charge in [-0.3, -0.25) is 0 Å². The first-order valence-corrected chi connectivity index (χ1v) is 19.3. The van der Waals surface area contributed by atoms with Crippen LogP contribution in [0.15, 0.2) is 158 Å². The van der Waals surface area contributed by atoms with E-state index in [1.165, 1.54) is 59.7 Å². The largest absolute Gasteiger partial charge is 0.228 e. The second-order valence-electron chi connectivity index (χ2n) is 13.0. The van der Waals surface area contributed by atoms with Crippen LogP contribution in [0, 0.1) is 0 Å². The number of hydrogen-bond acceptors (Lipinski definition) is 2. The molecule has 0 spiro atoms. The van der Waals surface area contributed by atoms with Gasteiger partial charge in [0.2, 0.25) is 0 Å². The Morgan fingerprint density at radius 3 is 1.70 bits per heavy atom. The first-order chi connectivity index (χ1) is 23.0. The molecule has 0 fully saturated rings. The fourth-order valence-corrected chi connectivity index (χ4v) is 10.7. The zero-order valence-corrected chi connectivity index (χ0v) is 27.4. The molecule has 7 aromatic carbocycles. The second kappa shape index (κ2) is 10.7. The summed E-state index contributed by atoms with van der Waals surface area (Å²) in [4.78, 5) is 11.0. The topological polar surface area (TPSA) is 25.8 Å². The Hall–Kier alpha value is -5.64. The molecular formula is C44H32N2Si. The number of nitrogens with zero attached hydrogens (tertiary/aromatic N) is 2. The average molecular weight is 617 g/mol. The molecule has 1 aliphatic heterocycles. The van der Waals surface area contributed by atoms with Gasteiger partial charge in [-0.05, 0) is 72.4 Å². The van der Waals surface area contributed by atoms with Crippen LogP contribution in [-0.2, 0) is 0 Å². The Bertz CT molecular complexity index is 2490. The molecule has 1 aromatic heterocycles. The van der Waals surface area contributed by atoms with E-state index in [0.717, 1.165) is 28.3 Å². The molecule has 8 aromatic rings. The van der Waals surface area contributed by atoms with E-state index < -0.39 is 8.07 Å². The number of benzene rings is 7. The van der Waals surface area contributed by atoms with Crippen molar-refractivity contribution in [2.75, 3.05) is 0 Å². The molecule has 0 N–H and O–H groups in total. The lowest BCUT2D eigenvalue weighted by Crippen LogP contribution is -2.50. The van der Waals surface area contributed by atoms with E-state index in [1.807, 2.05) is 0 Å². The van der Waals surface area contributed by atoms with Gasteiger partial charge in [-0.15, -0.1) is 0 Å². The van der Waals surface area contributed by atoms with Crippen molar-refractivity contribution in [3.63, 3.8) is 0 Å². The molecule has 47 heavy (non-hydrogen) atoms. The molecule has 0 amide bonds. The maximum absolute atomic E-state index is 5.51. The minimum atomic E-state index is -2.18. The normalized spacial score (nSPS) is 13.1. The standard InChI is InChI=1S/C44H32N2Si/c1-47(2)40-28-35-17-7-6-16-34(35)27-39(40)42-43(47)41(45-44(46-42)38-24-12-18-30-15-8-9-23-37(30)38)36-22-11-21-33(26-36)32-20-10-19-31(25-32)29-13-4-3-5-14-29/h3-28H,1-2H3. The summed E-state index contributed by atoms with van der Waals surface area (Å²) in [5.41, 5.74) is 10.4. The molecule has 2 heterocycles. The molecular weight excluding hydrogens is 585 g/mol. The zero-order chi connectivity index (χ0) is 31.5. The van der Waals surface area contributed by atoms with Crippen LogP contribution in [0.5, 0.6) is 0 Å². The number of aromatic nitrogens is 2. The summed E-state index contributed by atoms with van der Waals surface area (Å²) in [6.45, 7) is 4.92.